The number of aromatic nitrogens is 2. The molecule has 2 aromatic rings. The summed E-state index contributed by atoms with van der Waals surface area (Å²) in [6.45, 7) is 13.6. The third kappa shape index (κ3) is 6.42. The number of nitrogens with zero attached hydrogens (tertiary/aromatic N) is 2. The highest BCUT2D eigenvalue weighted by Gasteiger charge is 2.50. The van der Waals surface area contributed by atoms with Crippen LogP contribution in [0.25, 0.3) is 5.57 Å². The normalized spacial score (nSPS) is 23.3. The summed E-state index contributed by atoms with van der Waals surface area (Å²) in [5.41, 5.74) is 5.22. The highest BCUT2D eigenvalue weighted by Crippen LogP contribution is 2.58. The van der Waals surface area contributed by atoms with Crippen molar-refractivity contribution in [3.05, 3.63) is 63.7 Å². The van der Waals surface area contributed by atoms with E-state index in [2.05, 4.69) is 44.9 Å². The Hall–Kier alpha value is -2.11. The molecule has 1 saturated carbocycles. The van der Waals surface area contributed by atoms with E-state index in [1.807, 2.05) is 0 Å². The van der Waals surface area contributed by atoms with Gasteiger partial charge in [-0.15, -0.1) is 0 Å². The van der Waals surface area contributed by atoms with Crippen LogP contribution in [0.5, 0.6) is 0 Å². The van der Waals surface area contributed by atoms with Crippen molar-refractivity contribution >= 4 is 13.9 Å². The molecule has 2 aliphatic carbocycles. The number of hydrogen-bond donors (Lipinski definition) is 1. The average molecular weight is 645 g/mol. The molecule has 4 aliphatic rings. The molecule has 1 saturated heterocycles. The molecular weight excluding hydrogens is 597 g/mol. The standard InChI is InChI=1S/C35H47F3N2O4Si/c1-33(2,3)45(4,5)44-26-20-34(13-6-14-34)19-25-29(26)28(22-9-15-42-16-10-22)30(31(40-25)23-11-17-43-18-12-23)32(41)24-7-8-27(39-21-24)35(36,37)38/h7-9,21,23,26,32,41H,6,10-20H2,1-5H3/t26?,32-/m0/s1. The minimum absolute atomic E-state index is 0.000788. The van der Waals surface area contributed by atoms with Crippen LogP contribution in [0.3, 0.4) is 0 Å². The van der Waals surface area contributed by atoms with E-state index in [0.29, 0.717) is 44.0 Å². The van der Waals surface area contributed by atoms with Crippen LogP contribution in [0.4, 0.5) is 13.2 Å². The number of halogens is 3. The first-order valence-electron chi connectivity index (χ1n) is 16.5. The number of pyridine rings is 2. The van der Waals surface area contributed by atoms with Crippen LogP contribution in [0, 0.1) is 5.41 Å². The Morgan fingerprint density at radius 2 is 1.80 bits per heavy atom. The summed E-state index contributed by atoms with van der Waals surface area (Å²) < 4.78 is 59.1. The lowest BCUT2D eigenvalue weighted by Crippen LogP contribution is -2.46. The molecule has 0 bridgehead atoms. The van der Waals surface area contributed by atoms with E-state index in [4.69, 9.17) is 18.9 Å². The zero-order valence-electron chi connectivity index (χ0n) is 27.2. The van der Waals surface area contributed by atoms with Gasteiger partial charge < -0.3 is 19.0 Å². The van der Waals surface area contributed by atoms with E-state index in [0.717, 1.165) is 78.9 Å². The Labute approximate surface area is 265 Å². The SMILES string of the molecule is CC(C)(C)[Si](C)(C)OC1CC2(CCC2)Cc2nc(C3CCOCC3)c([C@@H](O)c3ccc(C(F)(F)F)nc3)c(C3=CCOCC3)c21. The van der Waals surface area contributed by atoms with E-state index in [-0.39, 0.29) is 22.5 Å². The second-order valence-corrected chi connectivity index (χ2v) is 19.8. The van der Waals surface area contributed by atoms with Crippen LogP contribution in [-0.2, 0) is 26.5 Å². The minimum Gasteiger partial charge on any atom is -0.410 e. The largest absolute Gasteiger partial charge is 0.433 e. The molecule has 2 aromatic heterocycles. The lowest BCUT2D eigenvalue weighted by molar-refractivity contribution is -0.141. The van der Waals surface area contributed by atoms with E-state index < -0.39 is 26.3 Å². The number of ether oxygens (including phenoxy) is 2. The molecule has 4 heterocycles. The maximum absolute atomic E-state index is 13.4. The zero-order chi connectivity index (χ0) is 32.2. The summed E-state index contributed by atoms with van der Waals surface area (Å²) in [6, 6.07) is 2.30. The number of aliphatic hydroxyl groups is 1. The summed E-state index contributed by atoms with van der Waals surface area (Å²) in [7, 11) is -2.23. The van der Waals surface area contributed by atoms with Crippen molar-refractivity contribution in [1.29, 1.82) is 0 Å². The van der Waals surface area contributed by atoms with Gasteiger partial charge in [0.25, 0.3) is 0 Å². The molecule has 0 radical (unpaired) electrons. The average Bonchev–Trinajstić information content (AvgIpc) is 2.98. The molecule has 1 unspecified atom stereocenters. The van der Waals surface area contributed by atoms with Crippen molar-refractivity contribution in [3.63, 3.8) is 0 Å². The second-order valence-electron chi connectivity index (χ2n) is 15.1. The van der Waals surface area contributed by atoms with E-state index in [1.54, 1.807) is 0 Å². The molecule has 0 aromatic carbocycles. The smallest absolute Gasteiger partial charge is 0.410 e. The third-order valence-electron chi connectivity index (χ3n) is 11.1. The molecule has 2 aliphatic heterocycles. The van der Waals surface area contributed by atoms with Gasteiger partial charge in [0, 0.05) is 47.7 Å². The number of hydrogen-bond acceptors (Lipinski definition) is 6. The molecule has 6 nitrogen and oxygen atoms in total. The number of aliphatic hydroxyl groups excluding tert-OH is 1. The molecule has 1 N–H and O–H groups in total. The maximum Gasteiger partial charge on any atom is 0.433 e. The van der Waals surface area contributed by atoms with Crippen LogP contribution in [0.2, 0.25) is 18.1 Å². The summed E-state index contributed by atoms with van der Waals surface area (Å²) >= 11 is 0. The first-order chi connectivity index (χ1) is 21.2. The van der Waals surface area contributed by atoms with Crippen molar-refractivity contribution in [2.45, 2.75) is 115 Å². The van der Waals surface area contributed by atoms with Crippen LogP contribution < -0.4 is 0 Å². The van der Waals surface area contributed by atoms with Gasteiger partial charge in [-0.1, -0.05) is 39.3 Å². The molecule has 0 amide bonds. The Morgan fingerprint density at radius 3 is 2.36 bits per heavy atom. The second kappa shape index (κ2) is 12.2. The fraction of sp³-hybridized carbons (Fsp3) is 0.657. The maximum atomic E-state index is 13.4. The summed E-state index contributed by atoms with van der Waals surface area (Å²) in [5, 5.41) is 12.2. The van der Waals surface area contributed by atoms with Gasteiger partial charge in [0.05, 0.1) is 25.0 Å². The van der Waals surface area contributed by atoms with Gasteiger partial charge in [-0.3, -0.25) is 9.97 Å². The Balaban J connectivity index is 1.59. The van der Waals surface area contributed by atoms with Crippen LogP contribution in [0.15, 0.2) is 24.4 Å². The van der Waals surface area contributed by atoms with Gasteiger partial charge in [0.2, 0.25) is 0 Å². The molecule has 1 spiro atoms. The zero-order valence-corrected chi connectivity index (χ0v) is 28.2. The number of alkyl halides is 3. The number of rotatable bonds is 6. The lowest BCUT2D eigenvalue weighted by Gasteiger charge is -2.51. The summed E-state index contributed by atoms with van der Waals surface area (Å²) in [5.74, 6) is 0.0642. The summed E-state index contributed by atoms with van der Waals surface area (Å²) in [6.07, 6.45) is 4.86. The van der Waals surface area contributed by atoms with Crippen molar-refractivity contribution < 1.29 is 32.2 Å². The quantitative estimate of drug-likeness (QED) is 0.318. The monoisotopic (exact) mass is 644 g/mol. The predicted molar refractivity (Wildman–Crippen MR) is 169 cm³/mol. The summed E-state index contributed by atoms with van der Waals surface area (Å²) in [4.78, 5) is 9.19. The van der Waals surface area contributed by atoms with Crippen LogP contribution in [-0.4, -0.2) is 49.8 Å². The fourth-order valence-electron chi connectivity index (χ4n) is 7.34. The van der Waals surface area contributed by atoms with Crippen molar-refractivity contribution in [2.24, 2.45) is 5.41 Å². The third-order valence-corrected chi connectivity index (χ3v) is 15.6. The lowest BCUT2D eigenvalue weighted by atomic mass is 9.59. The first kappa shape index (κ1) is 32.8. The van der Waals surface area contributed by atoms with Gasteiger partial charge in [-0.05, 0) is 85.7 Å². The Kier molecular flexibility index (Phi) is 8.87. The fourth-order valence-corrected chi connectivity index (χ4v) is 8.60. The van der Waals surface area contributed by atoms with E-state index >= 15 is 0 Å². The molecule has 2 fully saturated rings. The molecule has 2 atom stereocenters. The van der Waals surface area contributed by atoms with Crippen LogP contribution in [0.1, 0.15) is 123 Å². The Bertz CT molecular complexity index is 1420. The van der Waals surface area contributed by atoms with Gasteiger partial charge in [0.15, 0.2) is 8.32 Å². The van der Waals surface area contributed by atoms with Crippen molar-refractivity contribution in [1.82, 2.24) is 9.97 Å². The van der Waals surface area contributed by atoms with Gasteiger partial charge in [-0.25, -0.2) is 0 Å². The number of fused-ring (bicyclic) bond motifs is 1. The topological polar surface area (TPSA) is 73.7 Å². The molecule has 6 rings (SSSR count). The van der Waals surface area contributed by atoms with E-state index in [9.17, 15) is 18.3 Å². The Morgan fingerprint density at radius 1 is 1.07 bits per heavy atom. The van der Waals surface area contributed by atoms with Gasteiger partial charge in [-0.2, -0.15) is 13.2 Å². The van der Waals surface area contributed by atoms with E-state index in [1.165, 1.54) is 12.5 Å². The highest BCUT2D eigenvalue weighted by atomic mass is 28.4. The molecule has 246 valence electrons. The first-order valence-corrected chi connectivity index (χ1v) is 19.4. The molecule has 10 heteroatoms. The predicted octanol–water partition coefficient (Wildman–Crippen LogP) is 8.45. The van der Waals surface area contributed by atoms with Crippen molar-refractivity contribution in [2.75, 3.05) is 26.4 Å². The molecular formula is C35H47F3N2O4Si. The van der Waals surface area contributed by atoms with Gasteiger partial charge in [0.1, 0.15) is 11.8 Å². The van der Waals surface area contributed by atoms with Gasteiger partial charge >= 0.3 is 6.18 Å². The molecule has 45 heavy (non-hydrogen) atoms. The van der Waals surface area contributed by atoms with Crippen LogP contribution >= 0.6 is 0 Å². The van der Waals surface area contributed by atoms with Crippen molar-refractivity contribution in [3.8, 4) is 0 Å². The highest BCUT2D eigenvalue weighted by molar-refractivity contribution is 6.74. The minimum atomic E-state index is -4.56.